The standard InChI is InChI=1S/C15H26BNO3/c1-12(2)10-13(3)17(4)8-9-20-15-7-5-6-14(11-15)16(18)19/h5-7,11-13,18-19H,8-10H2,1-4H3. The normalized spacial score (nSPS) is 12.8. The highest BCUT2D eigenvalue weighted by molar-refractivity contribution is 6.58. The molecule has 0 spiro atoms. The Labute approximate surface area is 122 Å². The Hall–Kier alpha value is -1.04. The Morgan fingerprint density at radius 3 is 2.55 bits per heavy atom. The molecular weight excluding hydrogens is 253 g/mol. The van der Waals surface area contributed by atoms with Crippen LogP contribution in [-0.2, 0) is 0 Å². The lowest BCUT2D eigenvalue weighted by Gasteiger charge is -2.26. The van der Waals surface area contributed by atoms with E-state index in [0.717, 1.165) is 6.54 Å². The molecule has 0 aliphatic heterocycles. The lowest BCUT2D eigenvalue weighted by atomic mass is 9.80. The van der Waals surface area contributed by atoms with Crippen LogP contribution in [0, 0.1) is 5.92 Å². The number of rotatable bonds is 8. The summed E-state index contributed by atoms with van der Waals surface area (Å²) in [6, 6.07) is 7.43. The maximum atomic E-state index is 9.11. The number of ether oxygens (including phenoxy) is 1. The first-order valence-corrected chi connectivity index (χ1v) is 7.19. The first-order valence-electron chi connectivity index (χ1n) is 7.19. The molecule has 0 saturated carbocycles. The van der Waals surface area contributed by atoms with Crippen molar-refractivity contribution < 1.29 is 14.8 Å². The van der Waals surface area contributed by atoms with Crippen LogP contribution in [0.25, 0.3) is 0 Å². The topological polar surface area (TPSA) is 52.9 Å². The van der Waals surface area contributed by atoms with E-state index in [1.165, 1.54) is 6.42 Å². The quantitative estimate of drug-likeness (QED) is 0.700. The van der Waals surface area contributed by atoms with Crippen molar-refractivity contribution in [2.45, 2.75) is 33.2 Å². The van der Waals surface area contributed by atoms with E-state index in [9.17, 15) is 0 Å². The molecule has 0 aromatic heterocycles. The minimum Gasteiger partial charge on any atom is -0.492 e. The first-order chi connectivity index (χ1) is 9.40. The summed E-state index contributed by atoms with van der Waals surface area (Å²) in [7, 11) is 0.650. The Bertz CT molecular complexity index is 398. The molecule has 0 bridgehead atoms. The van der Waals surface area contributed by atoms with Crippen molar-refractivity contribution in [3.8, 4) is 5.75 Å². The largest absolute Gasteiger partial charge is 0.492 e. The molecule has 1 atom stereocenters. The smallest absolute Gasteiger partial charge is 0.488 e. The van der Waals surface area contributed by atoms with Gasteiger partial charge in [0.15, 0.2) is 0 Å². The highest BCUT2D eigenvalue weighted by Crippen LogP contribution is 2.10. The van der Waals surface area contributed by atoms with Gasteiger partial charge in [0.2, 0.25) is 0 Å². The fraction of sp³-hybridized carbons (Fsp3) is 0.600. The van der Waals surface area contributed by atoms with Crippen molar-refractivity contribution in [1.82, 2.24) is 4.90 Å². The van der Waals surface area contributed by atoms with E-state index in [2.05, 4.69) is 32.7 Å². The van der Waals surface area contributed by atoms with E-state index in [1.807, 2.05) is 6.07 Å². The van der Waals surface area contributed by atoms with Gasteiger partial charge in [0.25, 0.3) is 0 Å². The van der Waals surface area contributed by atoms with E-state index in [4.69, 9.17) is 14.8 Å². The average molecular weight is 279 g/mol. The van der Waals surface area contributed by atoms with Gasteiger partial charge < -0.3 is 19.7 Å². The lowest BCUT2D eigenvalue weighted by molar-refractivity contribution is 0.184. The molecule has 112 valence electrons. The van der Waals surface area contributed by atoms with Crippen molar-refractivity contribution in [2.75, 3.05) is 20.2 Å². The van der Waals surface area contributed by atoms with E-state index < -0.39 is 7.12 Å². The summed E-state index contributed by atoms with van der Waals surface area (Å²) in [5.74, 6) is 1.36. The van der Waals surface area contributed by atoms with Crippen molar-refractivity contribution in [3.63, 3.8) is 0 Å². The zero-order chi connectivity index (χ0) is 15.1. The van der Waals surface area contributed by atoms with Crippen LogP contribution in [-0.4, -0.2) is 48.3 Å². The molecule has 0 radical (unpaired) electrons. The molecular formula is C15H26BNO3. The molecule has 0 heterocycles. The summed E-state index contributed by atoms with van der Waals surface area (Å²) in [5.41, 5.74) is 0.448. The van der Waals surface area contributed by atoms with Gasteiger partial charge in [-0.15, -0.1) is 0 Å². The molecule has 4 nitrogen and oxygen atoms in total. The molecule has 1 aromatic carbocycles. The summed E-state index contributed by atoms with van der Waals surface area (Å²) in [6.07, 6.45) is 1.17. The van der Waals surface area contributed by atoms with E-state index in [1.54, 1.807) is 18.2 Å². The Balaban J connectivity index is 2.38. The van der Waals surface area contributed by atoms with Crippen LogP contribution in [0.4, 0.5) is 0 Å². The fourth-order valence-corrected chi connectivity index (χ4v) is 2.15. The van der Waals surface area contributed by atoms with Crippen LogP contribution in [0.3, 0.4) is 0 Å². The number of hydrogen-bond donors (Lipinski definition) is 2. The van der Waals surface area contributed by atoms with Gasteiger partial charge in [-0.05, 0) is 43.9 Å². The molecule has 1 aromatic rings. The number of hydrogen-bond acceptors (Lipinski definition) is 4. The van der Waals surface area contributed by atoms with Gasteiger partial charge in [0.05, 0.1) is 0 Å². The van der Waals surface area contributed by atoms with Gasteiger partial charge in [0.1, 0.15) is 12.4 Å². The maximum absolute atomic E-state index is 9.11. The van der Waals surface area contributed by atoms with Crippen molar-refractivity contribution in [1.29, 1.82) is 0 Å². The fourth-order valence-electron chi connectivity index (χ4n) is 2.15. The average Bonchev–Trinajstić information content (AvgIpc) is 2.38. The monoisotopic (exact) mass is 279 g/mol. The van der Waals surface area contributed by atoms with Gasteiger partial charge in [-0.25, -0.2) is 0 Å². The summed E-state index contributed by atoms with van der Waals surface area (Å²) in [6.45, 7) is 8.12. The third kappa shape index (κ3) is 5.95. The molecule has 0 saturated heterocycles. The maximum Gasteiger partial charge on any atom is 0.488 e. The molecule has 1 rings (SSSR count). The second-order valence-corrected chi connectivity index (χ2v) is 5.75. The summed E-state index contributed by atoms with van der Waals surface area (Å²) in [4.78, 5) is 2.28. The third-order valence-electron chi connectivity index (χ3n) is 3.43. The van der Waals surface area contributed by atoms with Crippen LogP contribution >= 0.6 is 0 Å². The van der Waals surface area contributed by atoms with E-state index >= 15 is 0 Å². The van der Waals surface area contributed by atoms with Crippen molar-refractivity contribution in [2.24, 2.45) is 5.92 Å². The molecule has 5 heteroatoms. The Kier molecular flexibility index (Phi) is 7.06. The highest BCUT2D eigenvalue weighted by atomic mass is 16.5. The highest BCUT2D eigenvalue weighted by Gasteiger charge is 2.12. The van der Waals surface area contributed by atoms with Gasteiger partial charge in [-0.1, -0.05) is 26.0 Å². The van der Waals surface area contributed by atoms with E-state index in [-0.39, 0.29) is 0 Å². The first kappa shape index (κ1) is 17.0. The second kappa shape index (κ2) is 8.30. The van der Waals surface area contributed by atoms with Gasteiger partial charge in [0, 0.05) is 12.6 Å². The molecule has 0 fully saturated rings. The Morgan fingerprint density at radius 1 is 1.25 bits per heavy atom. The third-order valence-corrected chi connectivity index (χ3v) is 3.43. The predicted molar refractivity (Wildman–Crippen MR) is 83.3 cm³/mol. The summed E-state index contributed by atoms with van der Waals surface area (Å²) in [5, 5.41) is 18.2. The summed E-state index contributed by atoms with van der Waals surface area (Å²) < 4.78 is 5.66. The lowest BCUT2D eigenvalue weighted by Crippen LogP contribution is -2.34. The van der Waals surface area contributed by atoms with Crippen LogP contribution < -0.4 is 10.2 Å². The number of nitrogens with zero attached hydrogens (tertiary/aromatic N) is 1. The molecule has 0 aliphatic rings. The zero-order valence-corrected chi connectivity index (χ0v) is 12.9. The number of likely N-dealkylation sites (N-methyl/N-ethyl adjacent to an activating group) is 1. The molecule has 0 amide bonds. The Morgan fingerprint density at radius 2 is 1.95 bits per heavy atom. The van der Waals surface area contributed by atoms with Crippen LogP contribution in [0.5, 0.6) is 5.75 Å². The van der Waals surface area contributed by atoms with Crippen LogP contribution in [0.15, 0.2) is 24.3 Å². The van der Waals surface area contributed by atoms with Gasteiger partial charge >= 0.3 is 7.12 Å². The molecule has 20 heavy (non-hydrogen) atoms. The molecule has 1 unspecified atom stereocenters. The molecule has 2 N–H and O–H groups in total. The number of benzene rings is 1. The predicted octanol–water partition coefficient (Wildman–Crippen LogP) is 1.11. The van der Waals surface area contributed by atoms with Crippen LogP contribution in [0.1, 0.15) is 27.2 Å². The van der Waals surface area contributed by atoms with Crippen molar-refractivity contribution >= 4 is 12.6 Å². The molecule has 0 aliphatic carbocycles. The van der Waals surface area contributed by atoms with Gasteiger partial charge in [-0.3, -0.25) is 0 Å². The second-order valence-electron chi connectivity index (χ2n) is 5.75. The van der Waals surface area contributed by atoms with E-state index in [0.29, 0.717) is 29.8 Å². The SMILES string of the molecule is CC(C)CC(C)N(C)CCOc1cccc(B(O)O)c1. The minimum atomic E-state index is -1.45. The summed E-state index contributed by atoms with van der Waals surface area (Å²) >= 11 is 0. The van der Waals surface area contributed by atoms with Gasteiger partial charge in [-0.2, -0.15) is 0 Å². The van der Waals surface area contributed by atoms with Crippen molar-refractivity contribution in [3.05, 3.63) is 24.3 Å². The minimum absolute atomic E-state index is 0.448. The van der Waals surface area contributed by atoms with Crippen LogP contribution in [0.2, 0.25) is 0 Å². The zero-order valence-electron chi connectivity index (χ0n) is 12.9.